The molecule has 3 nitrogen and oxygen atoms in total. The first-order valence-corrected chi connectivity index (χ1v) is 6.47. The first-order chi connectivity index (χ1) is 7.70. The Bertz CT molecular complexity index is 223. The summed E-state index contributed by atoms with van der Waals surface area (Å²) in [5.74, 6) is 1.25. The van der Waals surface area contributed by atoms with Crippen LogP contribution in [0.15, 0.2) is 4.42 Å². The Kier molecular flexibility index (Phi) is 10.1. The zero-order valence-corrected chi connectivity index (χ0v) is 11.3. The van der Waals surface area contributed by atoms with E-state index in [4.69, 9.17) is 4.42 Å². The maximum absolute atomic E-state index is 4.86. The van der Waals surface area contributed by atoms with Crippen LogP contribution >= 0.6 is 0 Å². The normalized spacial score (nSPS) is 9.75. The smallest absolute Gasteiger partial charge is 0.213 e. The lowest BCUT2D eigenvalue weighted by atomic mass is 10.1. The molecule has 0 aliphatic carbocycles. The molecule has 1 aromatic rings. The van der Waals surface area contributed by atoms with Crippen LogP contribution in [0.5, 0.6) is 0 Å². The Labute approximate surface area is 99.7 Å². The van der Waals surface area contributed by atoms with Crippen molar-refractivity contribution in [3.63, 3.8) is 0 Å². The van der Waals surface area contributed by atoms with E-state index in [-0.39, 0.29) is 0 Å². The standard InChI is InChI=1S/C9H20.C4H6N2O/c1-3-5-7-9-8-6-4-2;1-3-5-6-4(2)7-3/h3-9H2,1-2H3;1-2H3. The topological polar surface area (TPSA) is 38.9 Å². The summed E-state index contributed by atoms with van der Waals surface area (Å²) in [6, 6.07) is 0. The van der Waals surface area contributed by atoms with Gasteiger partial charge in [-0.2, -0.15) is 0 Å². The van der Waals surface area contributed by atoms with E-state index in [1.165, 1.54) is 44.9 Å². The molecule has 0 aliphatic rings. The van der Waals surface area contributed by atoms with Crippen molar-refractivity contribution < 1.29 is 4.42 Å². The molecular weight excluding hydrogens is 200 g/mol. The maximum Gasteiger partial charge on any atom is 0.213 e. The Hall–Kier alpha value is -0.860. The van der Waals surface area contributed by atoms with Crippen LogP contribution in [0.3, 0.4) is 0 Å². The molecule has 0 saturated heterocycles. The minimum absolute atomic E-state index is 0.623. The van der Waals surface area contributed by atoms with Crippen molar-refractivity contribution in [3.05, 3.63) is 11.8 Å². The first kappa shape index (κ1) is 15.1. The fraction of sp³-hybridized carbons (Fsp3) is 0.846. The van der Waals surface area contributed by atoms with Gasteiger partial charge in [-0.15, -0.1) is 10.2 Å². The van der Waals surface area contributed by atoms with E-state index in [2.05, 4.69) is 24.0 Å². The number of unbranched alkanes of at least 4 members (excludes halogenated alkanes) is 6. The number of aromatic nitrogens is 2. The van der Waals surface area contributed by atoms with Gasteiger partial charge in [0.15, 0.2) is 0 Å². The number of hydrogen-bond donors (Lipinski definition) is 0. The van der Waals surface area contributed by atoms with Crippen LogP contribution in [0.1, 0.15) is 70.6 Å². The van der Waals surface area contributed by atoms with E-state index in [9.17, 15) is 0 Å². The third-order valence-electron chi connectivity index (χ3n) is 2.33. The van der Waals surface area contributed by atoms with Crippen LogP contribution in [0.4, 0.5) is 0 Å². The summed E-state index contributed by atoms with van der Waals surface area (Å²) in [5.41, 5.74) is 0. The van der Waals surface area contributed by atoms with Crippen LogP contribution in [0.2, 0.25) is 0 Å². The van der Waals surface area contributed by atoms with Crippen molar-refractivity contribution in [2.75, 3.05) is 0 Å². The van der Waals surface area contributed by atoms with Gasteiger partial charge in [-0.3, -0.25) is 0 Å². The molecule has 3 heteroatoms. The number of rotatable bonds is 6. The SMILES string of the molecule is CCCCCCCCC.Cc1nnc(C)o1. The minimum Gasteiger partial charge on any atom is -0.426 e. The first-order valence-electron chi connectivity index (χ1n) is 6.47. The second kappa shape index (κ2) is 10.7. The fourth-order valence-electron chi connectivity index (χ4n) is 1.43. The molecule has 0 aliphatic heterocycles. The van der Waals surface area contributed by atoms with Crippen molar-refractivity contribution in [2.45, 2.75) is 72.6 Å². The van der Waals surface area contributed by atoms with Gasteiger partial charge in [-0.25, -0.2) is 0 Å². The Morgan fingerprint density at radius 1 is 0.750 bits per heavy atom. The monoisotopic (exact) mass is 226 g/mol. The summed E-state index contributed by atoms with van der Waals surface area (Å²) in [5, 5.41) is 7.20. The second-order valence-corrected chi connectivity index (χ2v) is 4.11. The molecule has 0 radical (unpaired) electrons. The van der Waals surface area contributed by atoms with Crippen molar-refractivity contribution >= 4 is 0 Å². The molecule has 1 aromatic heterocycles. The molecule has 0 aromatic carbocycles. The lowest BCUT2D eigenvalue weighted by Crippen LogP contribution is -1.76. The summed E-state index contributed by atoms with van der Waals surface area (Å²) in [6.07, 6.45) is 9.97. The van der Waals surface area contributed by atoms with Gasteiger partial charge in [-0.05, 0) is 0 Å². The summed E-state index contributed by atoms with van der Waals surface area (Å²) in [4.78, 5) is 0. The molecular formula is C13H26N2O. The molecule has 0 saturated carbocycles. The summed E-state index contributed by atoms with van der Waals surface area (Å²) >= 11 is 0. The molecule has 16 heavy (non-hydrogen) atoms. The van der Waals surface area contributed by atoms with Crippen LogP contribution in [-0.4, -0.2) is 10.2 Å². The molecule has 0 bridgehead atoms. The largest absolute Gasteiger partial charge is 0.426 e. The van der Waals surface area contributed by atoms with Gasteiger partial charge in [0, 0.05) is 13.8 Å². The van der Waals surface area contributed by atoms with Gasteiger partial charge in [-0.1, -0.05) is 58.8 Å². The van der Waals surface area contributed by atoms with Gasteiger partial charge in [0.25, 0.3) is 0 Å². The molecule has 0 N–H and O–H groups in total. The van der Waals surface area contributed by atoms with E-state index in [0.717, 1.165) is 0 Å². The van der Waals surface area contributed by atoms with E-state index in [0.29, 0.717) is 11.8 Å². The average molecular weight is 226 g/mol. The van der Waals surface area contributed by atoms with E-state index >= 15 is 0 Å². The fourth-order valence-corrected chi connectivity index (χ4v) is 1.43. The molecule has 0 fully saturated rings. The van der Waals surface area contributed by atoms with Gasteiger partial charge in [0.2, 0.25) is 11.8 Å². The number of hydrogen-bond acceptors (Lipinski definition) is 3. The van der Waals surface area contributed by atoms with Gasteiger partial charge < -0.3 is 4.42 Å². The van der Waals surface area contributed by atoms with Crippen LogP contribution in [-0.2, 0) is 0 Å². The van der Waals surface area contributed by atoms with Crippen LogP contribution in [0, 0.1) is 13.8 Å². The van der Waals surface area contributed by atoms with Crippen molar-refractivity contribution in [2.24, 2.45) is 0 Å². The van der Waals surface area contributed by atoms with Gasteiger partial charge in [0.1, 0.15) is 0 Å². The summed E-state index contributed by atoms with van der Waals surface area (Å²) in [7, 11) is 0. The molecule has 0 amide bonds. The zero-order valence-electron chi connectivity index (χ0n) is 11.3. The Morgan fingerprint density at radius 2 is 1.12 bits per heavy atom. The highest BCUT2D eigenvalue weighted by atomic mass is 16.4. The molecule has 0 spiro atoms. The highest BCUT2D eigenvalue weighted by Crippen LogP contribution is 2.05. The molecule has 0 atom stereocenters. The van der Waals surface area contributed by atoms with Crippen LogP contribution in [0.25, 0.3) is 0 Å². The predicted molar refractivity (Wildman–Crippen MR) is 67.4 cm³/mol. The van der Waals surface area contributed by atoms with E-state index < -0.39 is 0 Å². The Morgan fingerprint density at radius 3 is 1.38 bits per heavy atom. The number of aryl methyl sites for hydroxylation is 2. The summed E-state index contributed by atoms with van der Waals surface area (Å²) < 4.78 is 4.86. The van der Waals surface area contributed by atoms with Crippen molar-refractivity contribution in [1.82, 2.24) is 10.2 Å². The average Bonchev–Trinajstić information content (AvgIpc) is 2.63. The van der Waals surface area contributed by atoms with Crippen molar-refractivity contribution in [3.8, 4) is 0 Å². The third kappa shape index (κ3) is 9.69. The molecule has 94 valence electrons. The molecule has 1 rings (SSSR count). The Balaban J connectivity index is 0.000000288. The third-order valence-corrected chi connectivity index (χ3v) is 2.33. The molecule has 1 heterocycles. The maximum atomic E-state index is 4.86. The number of nitrogens with zero attached hydrogens (tertiary/aromatic N) is 2. The predicted octanol–water partition coefficient (Wildman–Crippen LogP) is 4.44. The highest BCUT2D eigenvalue weighted by Gasteiger charge is 1.89. The minimum atomic E-state index is 0.623. The van der Waals surface area contributed by atoms with Gasteiger partial charge >= 0.3 is 0 Å². The quantitative estimate of drug-likeness (QED) is 0.673. The lowest BCUT2D eigenvalue weighted by Gasteiger charge is -1.96. The zero-order chi connectivity index (χ0) is 12.2. The lowest BCUT2D eigenvalue weighted by molar-refractivity contribution is 0.489. The van der Waals surface area contributed by atoms with Gasteiger partial charge in [0.05, 0.1) is 0 Å². The second-order valence-electron chi connectivity index (χ2n) is 4.11. The van der Waals surface area contributed by atoms with E-state index in [1.807, 2.05) is 0 Å². The van der Waals surface area contributed by atoms with E-state index in [1.54, 1.807) is 13.8 Å². The van der Waals surface area contributed by atoms with Crippen LogP contribution < -0.4 is 0 Å². The molecule has 0 unspecified atom stereocenters. The van der Waals surface area contributed by atoms with Crippen molar-refractivity contribution in [1.29, 1.82) is 0 Å². The highest BCUT2D eigenvalue weighted by molar-refractivity contribution is 4.72. The summed E-state index contributed by atoms with van der Waals surface area (Å²) in [6.45, 7) is 8.06.